The van der Waals surface area contributed by atoms with Gasteiger partial charge in [-0.05, 0) is 24.6 Å². The van der Waals surface area contributed by atoms with Crippen molar-refractivity contribution in [3.05, 3.63) is 63.3 Å². The van der Waals surface area contributed by atoms with E-state index >= 15 is 0 Å². The van der Waals surface area contributed by atoms with Crippen LogP contribution in [0.2, 0.25) is 0 Å². The van der Waals surface area contributed by atoms with Crippen molar-refractivity contribution in [1.29, 1.82) is 5.26 Å². The molecule has 0 spiro atoms. The van der Waals surface area contributed by atoms with Crippen molar-refractivity contribution >= 4 is 17.4 Å². The van der Waals surface area contributed by atoms with E-state index in [0.717, 1.165) is 0 Å². The van der Waals surface area contributed by atoms with E-state index in [1.54, 1.807) is 6.92 Å². The van der Waals surface area contributed by atoms with Gasteiger partial charge in [0.25, 0.3) is 11.6 Å². The SMILES string of the molecule is Cc1ccc([N+](=O)[O-])cc1C(=O)Nc1ccc(C#N)cn1. The number of aryl methyl sites for hydroxylation is 1. The van der Waals surface area contributed by atoms with Crippen LogP contribution in [0, 0.1) is 28.4 Å². The Morgan fingerprint density at radius 1 is 1.38 bits per heavy atom. The molecule has 2 aromatic rings. The van der Waals surface area contributed by atoms with Crippen molar-refractivity contribution in [2.45, 2.75) is 6.92 Å². The smallest absolute Gasteiger partial charge is 0.270 e. The van der Waals surface area contributed by atoms with Gasteiger partial charge in [-0.1, -0.05) is 6.07 Å². The lowest BCUT2D eigenvalue weighted by Gasteiger charge is -2.07. The van der Waals surface area contributed by atoms with Crippen LogP contribution in [0.15, 0.2) is 36.5 Å². The summed E-state index contributed by atoms with van der Waals surface area (Å²) >= 11 is 0. The van der Waals surface area contributed by atoms with Crippen molar-refractivity contribution in [1.82, 2.24) is 4.98 Å². The fourth-order valence-electron chi connectivity index (χ4n) is 1.69. The Labute approximate surface area is 120 Å². The quantitative estimate of drug-likeness (QED) is 0.686. The molecule has 1 aromatic carbocycles. The minimum absolute atomic E-state index is 0.154. The molecule has 0 fully saturated rings. The lowest BCUT2D eigenvalue weighted by Crippen LogP contribution is -2.14. The topological polar surface area (TPSA) is 109 Å². The van der Waals surface area contributed by atoms with Gasteiger partial charge in [0, 0.05) is 23.9 Å². The first-order valence-electron chi connectivity index (χ1n) is 5.94. The first-order valence-corrected chi connectivity index (χ1v) is 5.94. The number of amides is 1. The maximum absolute atomic E-state index is 12.1. The third-order valence-electron chi connectivity index (χ3n) is 2.81. The maximum atomic E-state index is 12.1. The first-order chi connectivity index (χ1) is 10.0. The maximum Gasteiger partial charge on any atom is 0.270 e. The van der Waals surface area contributed by atoms with E-state index in [0.29, 0.717) is 11.1 Å². The van der Waals surface area contributed by atoms with E-state index in [9.17, 15) is 14.9 Å². The Morgan fingerprint density at radius 2 is 2.14 bits per heavy atom. The number of anilines is 1. The summed E-state index contributed by atoms with van der Waals surface area (Å²) in [5.41, 5.74) is 1.04. The van der Waals surface area contributed by atoms with E-state index in [1.165, 1.54) is 36.5 Å². The van der Waals surface area contributed by atoms with Gasteiger partial charge in [-0.15, -0.1) is 0 Å². The molecule has 0 aliphatic heterocycles. The average Bonchev–Trinajstić information content (AvgIpc) is 2.48. The summed E-state index contributed by atoms with van der Waals surface area (Å²) in [7, 11) is 0. The number of pyridine rings is 1. The van der Waals surface area contributed by atoms with Crippen LogP contribution in [0.3, 0.4) is 0 Å². The second-order valence-corrected chi connectivity index (χ2v) is 4.25. The minimum Gasteiger partial charge on any atom is -0.307 e. The minimum atomic E-state index is -0.559. The normalized spacial score (nSPS) is 9.71. The number of benzene rings is 1. The molecule has 0 saturated heterocycles. The Morgan fingerprint density at radius 3 is 2.71 bits per heavy atom. The molecule has 0 atom stereocenters. The third kappa shape index (κ3) is 3.19. The Bertz CT molecular complexity index is 748. The number of aromatic nitrogens is 1. The van der Waals surface area contributed by atoms with Gasteiger partial charge in [0.2, 0.25) is 0 Å². The number of hydrogen-bond donors (Lipinski definition) is 1. The summed E-state index contributed by atoms with van der Waals surface area (Å²) < 4.78 is 0. The number of carbonyl (C=O) groups excluding carboxylic acids is 1. The summed E-state index contributed by atoms with van der Waals surface area (Å²) in [6.45, 7) is 1.69. The molecule has 2 rings (SSSR count). The van der Waals surface area contributed by atoms with Crippen molar-refractivity contribution in [2.75, 3.05) is 5.32 Å². The van der Waals surface area contributed by atoms with Crippen LogP contribution in [-0.2, 0) is 0 Å². The highest BCUT2D eigenvalue weighted by molar-refractivity contribution is 6.05. The predicted molar refractivity (Wildman–Crippen MR) is 74.7 cm³/mol. The summed E-state index contributed by atoms with van der Waals surface area (Å²) in [4.78, 5) is 26.2. The van der Waals surface area contributed by atoms with Crippen LogP contribution in [0.5, 0.6) is 0 Å². The summed E-state index contributed by atoms with van der Waals surface area (Å²) in [6, 6.07) is 8.99. The summed E-state index contributed by atoms with van der Waals surface area (Å²) in [5.74, 6) is -0.224. The highest BCUT2D eigenvalue weighted by Crippen LogP contribution is 2.18. The summed E-state index contributed by atoms with van der Waals surface area (Å²) in [5, 5.41) is 21.9. The van der Waals surface area contributed by atoms with E-state index in [1.807, 2.05) is 6.07 Å². The Kier molecular flexibility index (Phi) is 3.90. The monoisotopic (exact) mass is 282 g/mol. The van der Waals surface area contributed by atoms with Crippen molar-refractivity contribution < 1.29 is 9.72 Å². The number of rotatable bonds is 3. The lowest BCUT2D eigenvalue weighted by molar-refractivity contribution is -0.384. The molecule has 1 amide bonds. The van der Waals surface area contributed by atoms with Crippen molar-refractivity contribution in [2.24, 2.45) is 0 Å². The van der Waals surface area contributed by atoms with Crippen LogP contribution in [-0.4, -0.2) is 15.8 Å². The molecule has 0 aliphatic rings. The molecule has 1 N–H and O–H groups in total. The zero-order chi connectivity index (χ0) is 15.4. The number of nitriles is 1. The average molecular weight is 282 g/mol. The zero-order valence-electron chi connectivity index (χ0n) is 11.0. The van der Waals surface area contributed by atoms with Crippen LogP contribution in [0.4, 0.5) is 11.5 Å². The number of carbonyl (C=O) groups is 1. The molecule has 7 heteroatoms. The van der Waals surface area contributed by atoms with Crippen molar-refractivity contribution in [3.8, 4) is 6.07 Å². The van der Waals surface area contributed by atoms with E-state index < -0.39 is 10.8 Å². The fourth-order valence-corrected chi connectivity index (χ4v) is 1.69. The Balaban J connectivity index is 2.25. The number of non-ortho nitro benzene ring substituents is 1. The van der Waals surface area contributed by atoms with Crippen LogP contribution >= 0.6 is 0 Å². The second kappa shape index (κ2) is 5.79. The van der Waals surface area contributed by atoms with Gasteiger partial charge in [-0.25, -0.2) is 4.98 Å². The zero-order valence-corrected chi connectivity index (χ0v) is 11.0. The molecule has 0 radical (unpaired) electrons. The number of nitrogens with one attached hydrogen (secondary N) is 1. The van der Waals surface area contributed by atoms with Crippen LogP contribution in [0.1, 0.15) is 21.5 Å². The van der Waals surface area contributed by atoms with Crippen molar-refractivity contribution in [3.63, 3.8) is 0 Å². The fraction of sp³-hybridized carbons (Fsp3) is 0.0714. The molecule has 1 aromatic heterocycles. The molecule has 0 aliphatic carbocycles. The predicted octanol–water partition coefficient (Wildman–Crippen LogP) is 2.42. The largest absolute Gasteiger partial charge is 0.307 e. The van der Waals surface area contributed by atoms with E-state index in [2.05, 4.69) is 10.3 Å². The highest BCUT2D eigenvalue weighted by Gasteiger charge is 2.15. The van der Waals surface area contributed by atoms with Gasteiger partial charge in [-0.3, -0.25) is 14.9 Å². The van der Waals surface area contributed by atoms with E-state index in [4.69, 9.17) is 5.26 Å². The molecule has 7 nitrogen and oxygen atoms in total. The Hall–Kier alpha value is -3.27. The molecule has 1 heterocycles. The standard InChI is InChI=1S/C14H10N4O3/c1-9-2-4-11(18(20)21)6-12(9)14(19)17-13-5-3-10(7-15)8-16-13/h2-6,8H,1H3,(H,16,17,19). The van der Waals surface area contributed by atoms with Crippen LogP contribution < -0.4 is 5.32 Å². The van der Waals surface area contributed by atoms with Gasteiger partial charge in [-0.2, -0.15) is 5.26 Å². The number of nitrogens with zero attached hydrogens (tertiary/aromatic N) is 3. The third-order valence-corrected chi connectivity index (χ3v) is 2.81. The lowest BCUT2D eigenvalue weighted by atomic mass is 10.1. The van der Waals surface area contributed by atoms with Crippen LogP contribution in [0.25, 0.3) is 0 Å². The summed E-state index contributed by atoms with van der Waals surface area (Å²) in [6.07, 6.45) is 1.33. The van der Waals surface area contributed by atoms with Gasteiger partial charge in [0.1, 0.15) is 11.9 Å². The number of nitro benzene ring substituents is 1. The second-order valence-electron chi connectivity index (χ2n) is 4.25. The molecular formula is C14H10N4O3. The highest BCUT2D eigenvalue weighted by atomic mass is 16.6. The molecule has 21 heavy (non-hydrogen) atoms. The molecule has 0 unspecified atom stereocenters. The van der Waals surface area contributed by atoms with Gasteiger partial charge < -0.3 is 5.32 Å². The van der Waals surface area contributed by atoms with Gasteiger partial charge in [0.15, 0.2) is 0 Å². The first kappa shape index (κ1) is 14.1. The number of nitro groups is 1. The van der Waals surface area contributed by atoms with Gasteiger partial charge >= 0.3 is 0 Å². The molecule has 0 saturated carbocycles. The van der Waals surface area contributed by atoms with E-state index in [-0.39, 0.29) is 17.1 Å². The molecule has 104 valence electrons. The van der Waals surface area contributed by atoms with Gasteiger partial charge in [0.05, 0.1) is 10.5 Å². The molecule has 0 bridgehead atoms. The molecular weight excluding hydrogens is 272 g/mol. The number of hydrogen-bond acceptors (Lipinski definition) is 5.